The maximum absolute atomic E-state index is 12.8. The molecule has 0 bridgehead atoms. The zero-order valence-corrected chi connectivity index (χ0v) is 14.6. The minimum atomic E-state index is -0.933. The van der Waals surface area contributed by atoms with Gasteiger partial charge in [-0.1, -0.05) is 18.2 Å². The molecule has 2 aromatic heterocycles. The Bertz CT molecular complexity index is 1000. The average molecular weight is 342 g/mol. The second kappa shape index (κ2) is 6.20. The van der Waals surface area contributed by atoms with E-state index >= 15 is 0 Å². The molecule has 124 valence electrons. The monoisotopic (exact) mass is 342 g/mol. The van der Waals surface area contributed by atoms with Crippen LogP contribution in [0.25, 0.3) is 21.3 Å². The lowest BCUT2D eigenvalue weighted by Crippen LogP contribution is -2.21. The van der Waals surface area contributed by atoms with Crippen LogP contribution in [-0.4, -0.2) is 20.6 Å². The Hall–Kier alpha value is -2.47. The third-order valence-electron chi connectivity index (χ3n) is 4.22. The van der Waals surface area contributed by atoms with Gasteiger partial charge in [0.2, 0.25) is 0 Å². The highest BCUT2D eigenvalue weighted by atomic mass is 32.1. The van der Waals surface area contributed by atoms with Crippen molar-refractivity contribution < 1.29 is 9.90 Å². The summed E-state index contributed by atoms with van der Waals surface area (Å²) in [7, 11) is 0. The first kappa shape index (κ1) is 16.4. The Morgan fingerprint density at radius 2 is 2.00 bits per heavy atom. The van der Waals surface area contributed by atoms with E-state index in [-0.39, 0.29) is 18.5 Å². The number of carbonyl (C=O) groups is 1. The van der Waals surface area contributed by atoms with E-state index in [0.29, 0.717) is 10.2 Å². The van der Waals surface area contributed by atoms with E-state index in [2.05, 4.69) is 18.0 Å². The second-order valence-corrected chi connectivity index (χ2v) is 7.10. The van der Waals surface area contributed by atoms with Gasteiger partial charge in [-0.2, -0.15) is 0 Å². The van der Waals surface area contributed by atoms with Crippen LogP contribution in [0.4, 0.5) is 0 Å². The first-order valence-electron chi connectivity index (χ1n) is 7.66. The van der Waals surface area contributed by atoms with Crippen LogP contribution >= 0.6 is 11.3 Å². The van der Waals surface area contributed by atoms with Crippen molar-refractivity contribution in [2.24, 2.45) is 0 Å². The van der Waals surface area contributed by atoms with E-state index in [1.165, 1.54) is 33.4 Å². The van der Waals surface area contributed by atoms with Crippen molar-refractivity contribution in [1.29, 1.82) is 0 Å². The number of hydrogen-bond acceptors (Lipinski definition) is 4. The molecule has 3 rings (SSSR count). The van der Waals surface area contributed by atoms with Crippen LogP contribution < -0.4 is 5.56 Å². The summed E-state index contributed by atoms with van der Waals surface area (Å²) in [5.74, 6) is -0.933. The Labute approximate surface area is 143 Å². The fourth-order valence-corrected chi connectivity index (χ4v) is 3.76. The smallest absolute Gasteiger partial charge is 0.305 e. The molecule has 0 amide bonds. The van der Waals surface area contributed by atoms with Crippen LogP contribution in [0.5, 0.6) is 0 Å². The van der Waals surface area contributed by atoms with Crippen LogP contribution in [0, 0.1) is 20.8 Å². The number of hydrogen-bond donors (Lipinski definition) is 1. The molecule has 3 aromatic rings. The lowest BCUT2D eigenvalue weighted by molar-refractivity contribution is -0.137. The predicted molar refractivity (Wildman–Crippen MR) is 95.8 cm³/mol. The zero-order chi connectivity index (χ0) is 17.4. The van der Waals surface area contributed by atoms with Gasteiger partial charge < -0.3 is 5.11 Å². The zero-order valence-electron chi connectivity index (χ0n) is 13.8. The number of rotatable bonds is 4. The van der Waals surface area contributed by atoms with Gasteiger partial charge in [-0.15, -0.1) is 11.3 Å². The summed E-state index contributed by atoms with van der Waals surface area (Å²) in [6.45, 7) is 6.21. The number of aliphatic carboxylic acids is 1. The minimum absolute atomic E-state index is 0.102. The largest absolute Gasteiger partial charge is 0.481 e. The number of carboxylic acid groups (broad SMARTS) is 1. The lowest BCUT2D eigenvalue weighted by atomic mass is 9.99. The van der Waals surface area contributed by atoms with Gasteiger partial charge in [-0.3, -0.25) is 14.2 Å². The molecule has 5 nitrogen and oxygen atoms in total. The summed E-state index contributed by atoms with van der Waals surface area (Å²) in [6, 6.07) is 6.15. The fraction of sp³-hybridized carbons (Fsp3) is 0.278. The number of aromatic nitrogens is 2. The molecule has 1 N–H and O–H groups in total. The van der Waals surface area contributed by atoms with Crippen LogP contribution in [0.1, 0.15) is 22.4 Å². The molecule has 0 radical (unpaired) electrons. The van der Waals surface area contributed by atoms with Crippen LogP contribution in [0.15, 0.2) is 29.3 Å². The number of aryl methyl sites for hydroxylation is 4. The molecule has 6 heteroatoms. The number of benzene rings is 1. The van der Waals surface area contributed by atoms with Crippen molar-refractivity contribution >= 4 is 27.5 Å². The second-order valence-electron chi connectivity index (χ2n) is 5.90. The third-order valence-corrected chi connectivity index (χ3v) is 5.23. The van der Waals surface area contributed by atoms with Gasteiger partial charge >= 0.3 is 5.97 Å². The van der Waals surface area contributed by atoms with E-state index < -0.39 is 5.97 Å². The topological polar surface area (TPSA) is 72.2 Å². The number of nitrogens with zero attached hydrogens (tertiary/aromatic N) is 2. The minimum Gasteiger partial charge on any atom is -0.481 e. The molecule has 0 aliphatic heterocycles. The van der Waals surface area contributed by atoms with E-state index in [1.54, 1.807) is 0 Å². The van der Waals surface area contributed by atoms with Crippen molar-refractivity contribution in [3.8, 4) is 11.1 Å². The van der Waals surface area contributed by atoms with Crippen molar-refractivity contribution in [2.45, 2.75) is 33.7 Å². The van der Waals surface area contributed by atoms with Gasteiger partial charge in [0.15, 0.2) is 0 Å². The molecular formula is C18H18N2O3S. The number of fused-ring (bicyclic) bond motifs is 1. The lowest BCUT2D eigenvalue weighted by Gasteiger charge is -2.07. The highest BCUT2D eigenvalue weighted by Gasteiger charge is 2.17. The fourth-order valence-electron chi connectivity index (χ4n) is 2.76. The van der Waals surface area contributed by atoms with Gasteiger partial charge in [-0.05, 0) is 37.5 Å². The summed E-state index contributed by atoms with van der Waals surface area (Å²) in [6.07, 6.45) is 1.34. The summed E-state index contributed by atoms with van der Waals surface area (Å²) < 4.78 is 1.38. The van der Waals surface area contributed by atoms with E-state index in [1.807, 2.05) is 26.0 Å². The quantitative estimate of drug-likeness (QED) is 0.787. The maximum atomic E-state index is 12.8. The van der Waals surface area contributed by atoms with Gasteiger partial charge in [0.1, 0.15) is 4.83 Å². The average Bonchev–Trinajstić information content (AvgIpc) is 2.86. The summed E-state index contributed by atoms with van der Waals surface area (Å²) in [4.78, 5) is 29.7. The SMILES string of the molecule is Cc1ccc(-c2c(C)sc3ncn(CCC(=O)O)c(=O)c23)cc1C. The molecule has 0 aliphatic rings. The molecular weight excluding hydrogens is 324 g/mol. The normalized spacial score (nSPS) is 11.1. The van der Waals surface area contributed by atoms with Gasteiger partial charge in [-0.25, -0.2) is 4.98 Å². The standard InChI is InChI=1S/C18H18N2O3S/c1-10-4-5-13(8-11(10)2)15-12(3)24-17-16(15)18(23)20(9-19-17)7-6-14(21)22/h4-5,8-9H,6-7H2,1-3H3,(H,21,22). The van der Waals surface area contributed by atoms with Crippen LogP contribution in [0.2, 0.25) is 0 Å². The molecule has 0 fully saturated rings. The Morgan fingerprint density at radius 3 is 2.67 bits per heavy atom. The van der Waals surface area contributed by atoms with Gasteiger partial charge in [0.25, 0.3) is 5.56 Å². The molecule has 0 aliphatic carbocycles. The molecule has 0 saturated carbocycles. The highest BCUT2D eigenvalue weighted by molar-refractivity contribution is 7.19. The van der Waals surface area contributed by atoms with Gasteiger partial charge in [0.05, 0.1) is 18.1 Å². The van der Waals surface area contributed by atoms with Crippen molar-refractivity contribution in [1.82, 2.24) is 9.55 Å². The van der Waals surface area contributed by atoms with Crippen LogP contribution in [-0.2, 0) is 11.3 Å². The maximum Gasteiger partial charge on any atom is 0.305 e. The van der Waals surface area contributed by atoms with Gasteiger partial charge in [0, 0.05) is 17.0 Å². The molecule has 24 heavy (non-hydrogen) atoms. The molecule has 0 spiro atoms. The summed E-state index contributed by atoms with van der Waals surface area (Å²) >= 11 is 1.49. The van der Waals surface area contributed by atoms with Crippen molar-refractivity contribution in [2.75, 3.05) is 0 Å². The molecule has 0 unspecified atom stereocenters. The Balaban J connectivity index is 2.22. The van der Waals surface area contributed by atoms with E-state index in [9.17, 15) is 9.59 Å². The summed E-state index contributed by atoms with van der Waals surface area (Å²) in [5.41, 5.74) is 4.09. The molecule has 2 heterocycles. The Morgan fingerprint density at radius 1 is 1.25 bits per heavy atom. The first-order valence-corrected chi connectivity index (χ1v) is 8.48. The third kappa shape index (κ3) is 2.85. The molecule has 0 saturated heterocycles. The van der Waals surface area contributed by atoms with E-state index in [4.69, 9.17) is 5.11 Å². The summed E-state index contributed by atoms with van der Waals surface area (Å²) in [5, 5.41) is 9.42. The molecule has 0 atom stereocenters. The number of carboxylic acids is 1. The number of thiophene rings is 1. The van der Waals surface area contributed by atoms with Crippen LogP contribution in [0.3, 0.4) is 0 Å². The van der Waals surface area contributed by atoms with Crippen molar-refractivity contribution in [3.05, 3.63) is 50.9 Å². The predicted octanol–water partition coefficient (Wildman–Crippen LogP) is 3.52. The van der Waals surface area contributed by atoms with E-state index in [0.717, 1.165) is 16.0 Å². The van der Waals surface area contributed by atoms with Crippen molar-refractivity contribution in [3.63, 3.8) is 0 Å². The first-order chi connectivity index (χ1) is 11.4. The molecule has 1 aromatic carbocycles. The highest BCUT2D eigenvalue weighted by Crippen LogP contribution is 2.36. The Kier molecular flexibility index (Phi) is 4.24.